The van der Waals surface area contributed by atoms with Gasteiger partial charge in [-0.2, -0.15) is 0 Å². The molecule has 24 heavy (non-hydrogen) atoms. The van der Waals surface area contributed by atoms with Crippen LogP contribution in [0.5, 0.6) is 0 Å². The molecular weight excluding hydrogens is 287 g/mol. The molecule has 0 spiro atoms. The SMILES string of the molecule is C1CCOC1.CCCCC[C-](c1ccccc1)c1ccccc1.[Li+]. The summed E-state index contributed by atoms with van der Waals surface area (Å²) in [5, 5.41) is 0. The zero-order chi connectivity index (χ0) is 16.2. The van der Waals surface area contributed by atoms with Gasteiger partial charge in [-0.05, 0) is 12.8 Å². The van der Waals surface area contributed by atoms with Crippen molar-refractivity contribution in [2.24, 2.45) is 0 Å². The maximum atomic E-state index is 4.94. The number of rotatable bonds is 6. The van der Waals surface area contributed by atoms with Crippen molar-refractivity contribution < 1.29 is 23.6 Å². The van der Waals surface area contributed by atoms with Gasteiger partial charge in [0, 0.05) is 13.2 Å². The van der Waals surface area contributed by atoms with E-state index in [4.69, 9.17) is 4.74 Å². The molecule has 0 saturated carbocycles. The topological polar surface area (TPSA) is 9.23 Å². The number of hydrogen-bond acceptors (Lipinski definition) is 1. The van der Waals surface area contributed by atoms with Gasteiger partial charge in [-0.25, -0.2) is 0 Å². The van der Waals surface area contributed by atoms with Crippen molar-refractivity contribution in [2.45, 2.75) is 45.4 Å². The van der Waals surface area contributed by atoms with Gasteiger partial charge in [-0.1, -0.05) is 69.0 Å². The predicted molar refractivity (Wildman–Crippen MR) is 98.5 cm³/mol. The number of unbranched alkanes of at least 4 members (excludes halogenated alkanes) is 2. The van der Waals surface area contributed by atoms with Crippen LogP contribution in [0.15, 0.2) is 60.7 Å². The number of ether oxygens (including phenoxy) is 1. The Balaban J connectivity index is 0.000000412. The Kier molecular flexibility index (Phi) is 11.5. The second-order valence-electron chi connectivity index (χ2n) is 5.99. The standard InChI is InChI=1S/C18H21.C4H8O.Li/c1-2-3-6-15-18(16-11-7-4-8-12-16)17-13-9-5-10-14-17;1-2-4-5-3-1;/h4-5,7-14H,2-3,6,15H2,1H3;1-4H2;/q-1;;+1. The third-order valence-corrected chi connectivity index (χ3v) is 4.10. The van der Waals surface area contributed by atoms with E-state index in [0.717, 1.165) is 13.2 Å². The van der Waals surface area contributed by atoms with Crippen LogP contribution in [0.3, 0.4) is 0 Å². The van der Waals surface area contributed by atoms with Crippen LogP contribution in [0.1, 0.15) is 56.6 Å². The van der Waals surface area contributed by atoms with Crippen LogP contribution in [0.2, 0.25) is 0 Å². The molecule has 2 aromatic carbocycles. The predicted octanol–water partition coefficient (Wildman–Crippen LogP) is 3.04. The van der Waals surface area contributed by atoms with E-state index in [1.54, 1.807) is 0 Å². The fraction of sp³-hybridized carbons (Fsp3) is 0.409. The van der Waals surface area contributed by atoms with E-state index in [2.05, 4.69) is 67.6 Å². The number of hydrogen-bond donors (Lipinski definition) is 0. The van der Waals surface area contributed by atoms with Crippen LogP contribution in [-0.4, -0.2) is 13.2 Å². The summed E-state index contributed by atoms with van der Waals surface area (Å²) >= 11 is 0. The van der Waals surface area contributed by atoms with Gasteiger partial charge in [0.1, 0.15) is 0 Å². The van der Waals surface area contributed by atoms with Crippen molar-refractivity contribution in [1.29, 1.82) is 0 Å². The van der Waals surface area contributed by atoms with Crippen LogP contribution in [0.4, 0.5) is 0 Å². The Morgan fingerprint density at radius 2 is 1.29 bits per heavy atom. The minimum atomic E-state index is 0. The second-order valence-corrected chi connectivity index (χ2v) is 5.99. The monoisotopic (exact) mass is 316 g/mol. The molecule has 0 aromatic heterocycles. The number of benzene rings is 2. The van der Waals surface area contributed by atoms with Crippen molar-refractivity contribution in [3.05, 3.63) is 77.7 Å². The molecule has 1 heterocycles. The molecule has 0 N–H and O–H groups in total. The molecule has 1 saturated heterocycles. The first kappa shape index (κ1) is 20.9. The van der Waals surface area contributed by atoms with Gasteiger partial charge in [0.25, 0.3) is 0 Å². The summed E-state index contributed by atoms with van der Waals surface area (Å²) in [6, 6.07) is 21.5. The Bertz CT molecular complexity index is 461. The molecular formula is C22H29LiO. The minimum absolute atomic E-state index is 0. The van der Waals surface area contributed by atoms with Crippen molar-refractivity contribution >= 4 is 0 Å². The van der Waals surface area contributed by atoms with E-state index in [-0.39, 0.29) is 18.9 Å². The van der Waals surface area contributed by atoms with E-state index in [1.807, 2.05) is 0 Å². The molecule has 0 atom stereocenters. The smallest absolute Gasteiger partial charge is 0.381 e. The van der Waals surface area contributed by atoms with Crippen LogP contribution in [0.25, 0.3) is 0 Å². The molecule has 0 bridgehead atoms. The summed E-state index contributed by atoms with van der Waals surface area (Å²) in [6.45, 7) is 4.25. The van der Waals surface area contributed by atoms with Gasteiger partial charge in [0.15, 0.2) is 0 Å². The largest absolute Gasteiger partial charge is 1.00 e. The first-order valence-electron chi connectivity index (χ1n) is 8.96. The van der Waals surface area contributed by atoms with Crippen LogP contribution < -0.4 is 18.9 Å². The molecule has 0 radical (unpaired) electrons. The Morgan fingerprint density at radius 3 is 1.67 bits per heavy atom. The average Bonchev–Trinajstić information content (AvgIpc) is 3.20. The third-order valence-electron chi connectivity index (χ3n) is 4.10. The zero-order valence-electron chi connectivity index (χ0n) is 15.3. The quantitative estimate of drug-likeness (QED) is 0.452. The molecule has 124 valence electrons. The van der Waals surface area contributed by atoms with Crippen molar-refractivity contribution in [2.75, 3.05) is 13.2 Å². The van der Waals surface area contributed by atoms with E-state index in [0.29, 0.717) is 0 Å². The summed E-state index contributed by atoms with van der Waals surface area (Å²) in [7, 11) is 0. The summed E-state index contributed by atoms with van der Waals surface area (Å²) in [4.78, 5) is 0. The molecule has 2 heteroatoms. The Labute approximate surface area is 160 Å². The van der Waals surface area contributed by atoms with Gasteiger partial charge < -0.3 is 4.74 Å². The van der Waals surface area contributed by atoms with Crippen molar-refractivity contribution in [3.63, 3.8) is 0 Å². The first-order chi connectivity index (χ1) is 11.4. The van der Waals surface area contributed by atoms with Crippen LogP contribution in [-0.2, 0) is 4.74 Å². The molecule has 3 rings (SSSR count). The molecule has 0 amide bonds. The zero-order valence-corrected chi connectivity index (χ0v) is 15.3. The van der Waals surface area contributed by atoms with Crippen LogP contribution in [0, 0.1) is 5.92 Å². The van der Waals surface area contributed by atoms with E-state index in [9.17, 15) is 0 Å². The summed E-state index contributed by atoms with van der Waals surface area (Å²) in [6.07, 6.45) is 7.58. The third kappa shape index (κ3) is 7.62. The molecule has 1 fully saturated rings. The van der Waals surface area contributed by atoms with Gasteiger partial charge in [-0.15, -0.1) is 41.3 Å². The molecule has 1 nitrogen and oxygen atoms in total. The summed E-state index contributed by atoms with van der Waals surface area (Å²) in [5.74, 6) is 1.48. The van der Waals surface area contributed by atoms with Gasteiger partial charge >= 0.3 is 18.9 Å². The Hall–Kier alpha value is -1.13. The molecule has 0 unspecified atom stereocenters. The molecule has 1 aliphatic heterocycles. The summed E-state index contributed by atoms with van der Waals surface area (Å²) in [5.41, 5.74) is 2.72. The van der Waals surface area contributed by atoms with Gasteiger partial charge in [0.2, 0.25) is 0 Å². The van der Waals surface area contributed by atoms with E-state index >= 15 is 0 Å². The average molecular weight is 316 g/mol. The maximum Gasteiger partial charge on any atom is 1.00 e. The van der Waals surface area contributed by atoms with Crippen LogP contribution >= 0.6 is 0 Å². The molecule has 1 aliphatic rings. The second kappa shape index (κ2) is 13.2. The first-order valence-corrected chi connectivity index (χ1v) is 8.96. The van der Waals surface area contributed by atoms with Crippen molar-refractivity contribution in [3.8, 4) is 0 Å². The fourth-order valence-electron chi connectivity index (χ4n) is 2.80. The maximum absolute atomic E-state index is 4.94. The van der Waals surface area contributed by atoms with Gasteiger partial charge in [0.05, 0.1) is 0 Å². The fourth-order valence-corrected chi connectivity index (χ4v) is 2.80. The van der Waals surface area contributed by atoms with E-state index in [1.165, 1.54) is 55.6 Å². The summed E-state index contributed by atoms with van der Waals surface area (Å²) < 4.78 is 4.94. The van der Waals surface area contributed by atoms with Crippen molar-refractivity contribution in [1.82, 2.24) is 0 Å². The minimum Gasteiger partial charge on any atom is -0.381 e. The molecule has 0 aliphatic carbocycles. The Morgan fingerprint density at radius 1 is 0.792 bits per heavy atom. The van der Waals surface area contributed by atoms with E-state index < -0.39 is 0 Å². The van der Waals surface area contributed by atoms with Gasteiger partial charge in [-0.3, -0.25) is 0 Å². The molecule has 2 aromatic rings. The normalized spacial score (nSPS) is 12.7.